The third-order valence-corrected chi connectivity index (χ3v) is 2.45. The van der Waals surface area contributed by atoms with Gasteiger partial charge in [-0.25, -0.2) is 4.68 Å². The number of nitrogens with two attached hydrogens (primary N) is 1. The zero-order valence-corrected chi connectivity index (χ0v) is 8.95. The fourth-order valence-electron chi connectivity index (χ4n) is 1.66. The van der Waals surface area contributed by atoms with E-state index in [4.69, 9.17) is 5.73 Å². The standard InChI is InChI=1S/C12H15N3O/c13-8-6-12(16)11-7-9-14-15(11)10-4-2-1-3-5-10/h1-5,7,9,12,16H,6,8,13H2. The van der Waals surface area contributed by atoms with Crippen LogP contribution in [-0.2, 0) is 0 Å². The molecule has 2 rings (SSSR count). The Kier molecular flexibility index (Phi) is 3.34. The van der Waals surface area contributed by atoms with Crippen molar-refractivity contribution in [3.05, 3.63) is 48.3 Å². The molecule has 0 spiro atoms. The summed E-state index contributed by atoms with van der Waals surface area (Å²) in [7, 11) is 0. The minimum Gasteiger partial charge on any atom is -0.387 e. The molecule has 0 fully saturated rings. The van der Waals surface area contributed by atoms with Crippen LogP contribution in [0.5, 0.6) is 0 Å². The van der Waals surface area contributed by atoms with Gasteiger partial charge < -0.3 is 10.8 Å². The molecule has 1 aromatic heterocycles. The zero-order valence-electron chi connectivity index (χ0n) is 8.95. The molecule has 0 bridgehead atoms. The average molecular weight is 217 g/mol. The van der Waals surface area contributed by atoms with Crippen molar-refractivity contribution in [2.24, 2.45) is 5.73 Å². The van der Waals surface area contributed by atoms with E-state index in [9.17, 15) is 5.11 Å². The number of para-hydroxylation sites is 1. The number of hydrogen-bond donors (Lipinski definition) is 2. The highest BCUT2D eigenvalue weighted by molar-refractivity contribution is 5.32. The SMILES string of the molecule is NCCC(O)c1ccnn1-c1ccccc1. The van der Waals surface area contributed by atoms with E-state index in [1.807, 2.05) is 36.4 Å². The largest absolute Gasteiger partial charge is 0.387 e. The highest BCUT2D eigenvalue weighted by Gasteiger charge is 2.12. The van der Waals surface area contributed by atoms with Crippen molar-refractivity contribution in [1.29, 1.82) is 0 Å². The molecule has 0 saturated carbocycles. The Morgan fingerprint density at radius 3 is 2.69 bits per heavy atom. The van der Waals surface area contributed by atoms with Crippen LogP contribution >= 0.6 is 0 Å². The number of aliphatic hydroxyl groups excluding tert-OH is 1. The van der Waals surface area contributed by atoms with Crippen LogP contribution in [0.4, 0.5) is 0 Å². The van der Waals surface area contributed by atoms with Crippen LogP contribution in [0.25, 0.3) is 5.69 Å². The van der Waals surface area contributed by atoms with Gasteiger partial charge in [-0.2, -0.15) is 5.10 Å². The number of aliphatic hydroxyl groups is 1. The molecule has 0 aliphatic heterocycles. The maximum atomic E-state index is 9.91. The van der Waals surface area contributed by atoms with Gasteiger partial charge in [0.1, 0.15) is 0 Å². The van der Waals surface area contributed by atoms with E-state index in [1.54, 1.807) is 10.9 Å². The maximum Gasteiger partial charge on any atom is 0.0973 e. The van der Waals surface area contributed by atoms with Crippen LogP contribution in [-0.4, -0.2) is 21.4 Å². The first-order valence-corrected chi connectivity index (χ1v) is 5.30. The minimum atomic E-state index is -0.562. The van der Waals surface area contributed by atoms with E-state index < -0.39 is 6.10 Å². The second-order valence-corrected chi connectivity index (χ2v) is 3.60. The number of aromatic nitrogens is 2. The first kappa shape index (κ1) is 10.9. The maximum absolute atomic E-state index is 9.91. The Morgan fingerprint density at radius 2 is 2.00 bits per heavy atom. The summed E-state index contributed by atoms with van der Waals surface area (Å²) in [5, 5.41) is 14.1. The molecule has 3 N–H and O–H groups in total. The molecule has 0 radical (unpaired) electrons. The Bertz CT molecular complexity index is 439. The number of benzene rings is 1. The molecule has 2 aromatic rings. The van der Waals surface area contributed by atoms with Gasteiger partial charge in [0.2, 0.25) is 0 Å². The lowest BCUT2D eigenvalue weighted by molar-refractivity contribution is 0.162. The highest BCUT2D eigenvalue weighted by Crippen LogP contribution is 2.18. The van der Waals surface area contributed by atoms with Gasteiger partial charge in [-0.1, -0.05) is 18.2 Å². The lowest BCUT2D eigenvalue weighted by Gasteiger charge is -2.12. The molecule has 1 unspecified atom stereocenters. The summed E-state index contributed by atoms with van der Waals surface area (Å²) in [6.45, 7) is 0.459. The van der Waals surface area contributed by atoms with Gasteiger partial charge in [0.15, 0.2) is 0 Å². The number of nitrogens with zero attached hydrogens (tertiary/aromatic N) is 2. The zero-order chi connectivity index (χ0) is 11.4. The summed E-state index contributed by atoms with van der Waals surface area (Å²) in [5.41, 5.74) is 7.15. The molecule has 16 heavy (non-hydrogen) atoms. The van der Waals surface area contributed by atoms with Gasteiger partial charge >= 0.3 is 0 Å². The smallest absolute Gasteiger partial charge is 0.0973 e. The second-order valence-electron chi connectivity index (χ2n) is 3.60. The van der Waals surface area contributed by atoms with Crippen LogP contribution in [0.15, 0.2) is 42.6 Å². The molecule has 1 heterocycles. The highest BCUT2D eigenvalue weighted by atomic mass is 16.3. The third kappa shape index (κ3) is 2.13. The molecular weight excluding hydrogens is 202 g/mol. The Hall–Kier alpha value is -1.65. The van der Waals surface area contributed by atoms with Gasteiger partial charge in [0.05, 0.1) is 17.5 Å². The van der Waals surface area contributed by atoms with E-state index in [-0.39, 0.29) is 0 Å². The predicted octanol–water partition coefficient (Wildman–Crippen LogP) is 1.25. The van der Waals surface area contributed by atoms with Gasteiger partial charge in [0, 0.05) is 6.20 Å². The quantitative estimate of drug-likeness (QED) is 0.810. The van der Waals surface area contributed by atoms with Crippen molar-refractivity contribution in [3.8, 4) is 5.69 Å². The topological polar surface area (TPSA) is 64.1 Å². The van der Waals surface area contributed by atoms with E-state index in [1.165, 1.54) is 0 Å². The molecule has 0 saturated heterocycles. The molecule has 0 amide bonds. The molecular formula is C12H15N3O. The number of rotatable bonds is 4. The first-order chi connectivity index (χ1) is 7.83. The first-order valence-electron chi connectivity index (χ1n) is 5.30. The average Bonchev–Trinajstić information content (AvgIpc) is 2.79. The number of hydrogen-bond acceptors (Lipinski definition) is 3. The summed E-state index contributed by atoms with van der Waals surface area (Å²) in [6, 6.07) is 11.5. The summed E-state index contributed by atoms with van der Waals surface area (Å²) < 4.78 is 1.74. The summed E-state index contributed by atoms with van der Waals surface area (Å²) >= 11 is 0. The molecule has 1 atom stereocenters. The van der Waals surface area contributed by atoms with Crippen LogP contribution in [0.3, 0.4) is 0 Å². The van der Waals surface area contributed by atoms with Crippen molar-refractivity contribution in [1.82, 2.24) is 9.78 Å². The van der Waals surface area contributed by atoms with Gasteiger partial charge in [-0.15, -0.1) is 0 Å². The van der Waals surface area contributed by atoms with Crippen molar-refractivity contribution in [2.75, 3.05) is 6.54 Å². The lowest BCUT2D eigenvalue weighted by Crippen LogP contribution is -2.11. The molecule has 4 heteroatoms. The lowest BCUT2D eigenvalue weighted by atomic mass is 10.2. The Labute approximate surface area is 94.3 Å². The Morgan fingerprint density at radius 1 is 1.25 bits per heavy atom. The fraction of sp³-hybridized carbons (Fsp3) is 0.250. The normalized spacial score (nSPS) is 12.6. The molecule has 84 valence electrons. The van der Waals surface area contributed by atoms with Crippen LogP contribution in [0.2, 0.25) is 0 Å². The summed E-state index contributed by atoms with van der Waals surface area (Å²) in [4.78, 5) is 0. The molecule has 4 nitrogen and oxygen atoms in total. The fourth-order valence-corrected chi connectivity index (χ4v) is 1.66. The predicted molar refractivity (Wildman–Crippen MR) is 62.2 cm³/mol. The van der Waals surface area contributed by atoms with E-state index in [0.717, 1.165) is 11.4 Å². The van der Waals surface area contributed by atoms with Crippen molar-refractivity contribution in [3.63, 3.8) is 0 Å². The molecule has 1 aromatic carbocycles. The van der Waals surface area contributed by atoms with Crippen LogP contribution in [0, 0.1) is 0 Å². The van der Waals surface area contributed by atoms with Crippen molar-refractivity contribution >= 4 is 0 Å². The van der Waals surface area contributed by atoms with Gasteiger partial charge in [0.25, 0.3) is 0 Å². The second kappa shape index (κ2) is 4.92. The van der Waals surface area contributed by atoms with Crippen LogP contribution < -0.4 is 5.73 Å². The van der Waals surface area contributed by atoms with Crippen LogP contribution in [0.1, 0.15) is 18.2 Å². The minimum absolute atomic E-state index is 0.459. The molecule has 0 aliphatic rings. The van der Waals surface area contributed by atoms with E-state index in [2.05, 4.69) is 5.10 Å². The van der Waals surface area contributed by atoms with Crippen molar-refractivity contribution in [2.45, 2.75) is 12.5 Å². The van der Waals surface area contributed by atoms with Gasteiger partial charge in [-0.3, -0.25) is 0 Å². The summed E-state index contributed by atoms with van der Waals surface area (Å²) in [6.07, 6.45) is 1.66. The Balaban J connectivity index is 2.33. The van der Waals surface area contributed by atoms with E-state index in [0.29, 0.717) is 13.0 Å². The van der Waals surface area contributed by atoms with Crippen molar-refractivity contribution < 1.29 is 5.11 Å². The summed E-state index contributed by atoms with van der Waals surface area (Å²) in [5.74, 6) is 0. The van der Waals surface area contributed by atoms with E-state index >= 15 is 0 Å². The monoisotopic (exact) mass is 217 g/mol. The third-order valence-electron chi connectivity index (χ3n) is 2.45. The molecule has 0 aliphatic carbocycles. The van der Waals surface area contributed by atoms with Gasteiger partial charge in [-0.05, 0) is 31.2 Å².